The third kappa shape index (κ3) is 8.23. The lowest BCUT2D eigenvalue weighted by Crippen LogP contribution is -2.61. The van der Waals surface area contributed by atoms with Gasteiger partial charge >= 0.3 is 0 Å². The van der Waals surface area contributed by atoms with Gasteiger partial charge in [0.05, 0.1) is 19.3 Å². The van der Waals surface area contributed by atoms with Crippen molar-refractivity contribution in [3.05, 3.63) is 12.7 Å². The summed E-state index contributed by atoms with van der Waals surface area (Å²) in [6, 6.07) is 0. The first-order valence-electron chi connectivity index (χ1n) is 10.5. The van der Waals surface area contributed by atoms with E-state index >= 15 is 0 Å². The maximum Gasteiger partial charge on any atom is 0.0685 e. The Morgan fingerprint density at radius 1 is 0.920 bits per heavy atom. The molecule has 0 aromatic rings. The second kappa shape index (κ2) is 11.4. The minimum absolute atomic E-state index is 0.00621. The summed E-state index contributed by atoms with van der Waals surface area (Å²) >= 11 is 0. The molecule has 3 nitrogen and oxygen atoms in total. The van der Waals surface area contributed by atoms with Gasteiger partial charge in [0.15, 0.2) is 0 Å². The Morgan fingerprint density at radius 2 is 1.44 bits per heavy atom. The third-order valence-corrected chi connectivity index (χ3v) is 5.22. The summed E-state index contributed by atoms with van der Waals surface area (Å²) in [4.78, 5) is 6.27. The molecule has 0 bridgehead atoms. The zero-order valence-electron chi connectivity index (χ0n) is 17.6. The van der Waals surface area contributed by atoms with Gasteiger partial charge in [-0.25, -0.2) is 0 Å². The van der Waals surface area contributed by atoms with Gasteiger partial charge in [-0.1, -0.05) is 57.9 Å². The van der Waals surface area contributed by atoms with Crippen molar-refractivity contribution in [3.8, 4) is 0 Å². The Balaban J connectivity index is 2.30. The average Bonchev–Trinajstić information content (AvgIpc) is 2.52. The summed E-state index contributed by atoms with van der Waals surface area (Å²) in [5.41, 5.74) is -0.0124. The van der Waals surface area contributed by atoms with Gasteiger partial charge in [0, 0.05) is 11.1 Å². The number of piperidine rings is 1. The van der Waals surface area contributed by atoms with Crippen LogP contribution >= 0.6 is 0 Å². The zero-order chi connectivity index (χ0) is 18.8. The van der Waals surface area contributed by atoms with Gasteiger partial charge in [-0.05, 0) is 47.0 Å². The van der Waals surface area contributed by atoms with Crippen LogP contribution < -0.4 is 0 Å². The molecule has 0 amide bonds. The molecule has 1 rings (SSSR count). The molecule has 0 atom stereocenters. The van der Waals surface area contributed by atoms with Crippen LogP contribution in [0.5, 0.6) is 0 Å². The summed E-state index contributed by atoms with van der Waals surface area (Å²) in [5, 5.41) is 2.25. The standard InChI is InChI=1S/C22H43NO2/c1-7-9-10-11-12-13-14-15-17-25-23-21(3,4)18-20(24-16-8-2)19-22(23,5)6/h8,20H,2,7,9-19H2,1,3-6H3. The molecule has 0 saturated carbocycles. The predicted molar refractivity (Wildman–Crippen MR) is 108 cm³/mol. The van der Waals surface area contributed by atoms with E-state index in [4.69, 9.17) is 9.57 Å². The number of hydrogen-bond donors (Lipinski definition) is 0. The van der Waals surface area contributed by atoms with E-state index in [9.17, 15) is 0 Å². The number of nitrogens with zero attached hydrogens (tertiary/aromatic N) is 1. The van der Waals surface area contributed by atoms with Gasteiger partial charge in [0.1, 0.15) is 0 Å². The quantitative estimate of drug-likeness (QED) is 0.287. The average molecular weight is 354 g/mol. The molecule has 1 aliphatic rings. The van der Waals surface area contributed by atoms with E-state index < -0.39 is 0 Å². The van der Waals surface area contributed by atoms with E-state index in [1.54, 1.807) is 0 Å². The molecule has 0 aromatic carbocycles. The van der Waals surface area contributed by atoms with Crippen molar-refractivity contribution in [1.29, 1.82) is 0 Å². The molecule has 148 valence electrons. The highest BCUT2D eigenvalue weighted by Gasteiger charge is 2.46. The van der Waals surface area contributed by atoms with Crippen LogP contribution in [0.2, 0.25) is 0 Å². The van der Waals surface area contributed by atoms with Crippen molar-refractivity contribution in [2.75, 3.05) is 13.2 Å². The molecular weight excluding hydrogens is 310 g/mol. The summed E-state index contributed by atoms with van der Waals surface area (Å²) in [5.74, 6) is 0. The van der Waals surface area contributed by atoms with Crippen LogP contribution in [0.4, 0.5) is 0 Å². The Morgan fingerprint density at radius 3 is 1.96 bits per heavy atom. The third-order valence-electron chi connectivity index (χ3n) is 5.22. The molecule has 0 spiro atoms. The molecule has 0 radical (unpaired) electrons. The van der Waals surface area contributed by atoms with E-state index in [1.807, 2.05) is 6.08 Å². The van der Waals surface area contributed by atoms with E-state index in [2.05, 4.69) is 46.3 Å². The Bertz CT molecular complexity index is 347. The van der Waals surface area contributed by atoms with E-state index in [0.717, 1.165) is 25.9 Å². The van der Waals surface area contributed by atoms with E-state index in [0.29, 0.717) is 6.61 Å². The van der Waals surface area contributed by atoms with Crippen LogP contribution in [-0.2, 0) is 9.57 Å². The van der Waals surface area contributed by atoms with Gasteiger partial charge in [-0.3, -0.25) is 4.84 Å². The van der Waals surface area contributed by atoms with E-state index in [1.165, 1.54) is 44.9 Å². The molecule has 0 N–H and O–H groups in total. The normalized spacial score (nSPS) is 20.7. The minimum Gasteiger partial charge on any atom is -0.374 e. The van der Waals surface area contributed by atoms with Crippen molar-refractivity contribution in [2.24, 2.45) is 0 Å². The first-order chi connectivity index (χ1) is 11.8. The van der Waals surface area contributed by atoms with Crippen LogP contribution in [0.15, 0.2) is 12.7 Å². The topological polar surface area (TPSA) is 21.7 Å². The lowest BCUT2D eigenvalue weighted by Gasteiger charge is -2.53. The number of hydroxylamine groups is 2. The molecule has 0 aromatic heterocycles. The van der Waals surface area contributed by atoms with E-state index in [-0.39, 0.29) is 17.2 Å². The summed E-state index contributed by atoms with van der Waals surface area (Å²) in [6.45, 7) is 16.6. The monoisotopic (exact) mass is 353 g/mol. The van der Waals surface area contributed by atoms with Crippen LogP contribution in [0.25, 0.3) is 0 Å². The Labute approximate surface area is 157 Å². The van der Waals surface area contributed by atoms with Crippen molar-refractivity contribution in [3.63, 3.8) is 0 Å². The lowest BCUT2D eigenvalue weighted by molar-refractivity contribution is -0.294. The highest BCUT2D eigenvalue weighted by Crippen LogP contribution is 2.39. The molecule has 25 heavy (non-hydrogen) atoms. The fourth-order valence-electron chi connectivity index (χ4n) is 4.23. The molecule has 1 fully saturated rings. The van der Waals surface area contributed by atoms with Crippen LogP contribution in [0.3, 0.4) is 0 Å². The SMILES string of the molecule is C=CCOC1CC(C)(C)N(OCCCCCCCCCC)C(C)(C)C1. The molecule has 1 heterocycles. The maximum absolute atomic E-state index is 6.27. The van der Waals surface area contributed by atoms with Crippen LogP contribution in [-0.4, -0.2) is 35.5 Å². The highest BCUT2D eigenvalue weighted by molar-refractivity contribution is 4.97. The minimum atomic E-state index is -0.00621. The van der Waals surface area contributed by atoms with Crippen molar-refractivity contribution >= 4 is 0 Å². The number of hydrogen-bond acceptors (Lipinski definition) is 3. The second-order valence-corrected chi connectivity index (χ2v) is 8.88. The van der Waals surface area contributed by atoms with Gasteiger partial charge in [0.2, 0.25) is 0 Å². The fourth-order valence-corrected chi connectivity index (χ4v) is 4.23. The number of unbranched alkanes of at least 4 members (excludes halogenated alkanes) is 7. The van der Waals surface area contributed by atoms with Gasteiger partial charge < -0.3 is 4.74 Å². The zero-order valence-corrected chi connectivity index (χ0v) is 17.6. The fraction of sp³-hybridized carbons (Fsp3) is 0.909. The summed E-state index contributed by atoms with van der Waals surface area (Å²) in [6.07, 6.45) is 14.8. The molecule has 1 aliphatic heterocycles. The molecule has 3 heteroatoms. The predicted octanol–water partition coefficient (Wildman–Crippen LogP) is 6.28. The van der Waals surface area contributed by atoms with Crippen molar-refractivity contribution < 1.29 is 9.57 Å². The second-order valence-electron chi connectivity index (χ2n) is 8.88. The summed E-state index contributed by atoms with van der Waals surface area (Å²) in [7, 11) is 0. The molecule has 0 unspecified atom stereocenters. The molecule has 1 saturated heterocycles. The number of ether oxygens (including phenoxy) is 1. The Hall–Kier alpha value is -0.380. The first kappa shape index (κ1) is 22.7. The van der Waals surface area contributed by atoms with Gasteiger partial charge in [0.25, 0.3) is 0 Å². The first-order valence-corrected chi connectivity index (χ1v) is 10.5. The van der Waals surface area contributed by atoms with Gasteiger partial charge in [-0.2, -0.15) is 5.06 Å². The van der Waals surface area contributed by atoms with Crippen LogP contribution in [0, 0.1) is 0 Å². The molecular formula is C22H43NO2. The summed E-state index contributed by atoms with van der Waals surface area (Å²) < 4.78 is 5.95. The van der Waals surface area contributed by atoms with Crippen LogP contribution in [0.1, 0.15) is 98.8 Å². The molecule has 0 aliphatic carbocycles. The van der Waals surface area contributed by atoms with Crippen molar-refractivity contribution in [2.45, 2.75) is 116 Å². The Kier molecular flexibility index (Phi) is 10.3. The van der Waals surface area contributed by atoms with Gasteiger partial charge in [-0.15, -0.1) is 6.58 Å². The van der Waals surface area contributed by atoms with Crippen molar-refractivity contribution in [1.82, 2.24) is 5.06 Å². The number of rotatable bonds is 13. The lowest BCUT2D eigenvalue weighted by atomic mass is 9.80. The smallest absolute Gasteiger partial charge is 0.0685 e. The maximum atomic E-state index is 6.27. The highest BCUT2D eigenvalue weighted by atomic mass is 16.7. The largest absolute Gasteiger partial charge is 0.374 e.